The number of methoxy groups -OCH3 is 1. The quantitative estimate of drug-likeness (QED) is 0.683. The van der Waals surface area contributed by atoms with Crippen molar-refractivity contribution in [2.45, 2.75) is 39.0 Å². The number of benzene rings is 1. The Kier molecular flexibility index (Phi) is 7.86. The van der Waals surface area contributed by atoms with Crippen LogP contribution in [0, 0.1) is 0 Å². The maximum Gasteiger partial charge on any atom is 0.137 e. The molecule has 102 valence electrons. The van der Waals surface area contributed by atoms with Gasteiger partial charge in [-0.25, -0.2) is 0 Å². The van der Waals surface area contributed by atoms with Crippen LogP contribution in [0.2, 0.25) is 5.02 Å². The van der Waals surface area contributed by atoms with Crippen LogP contribution < -0.4 is 10.1 Å². The molecule has 0 atom stereocenters. The molecule has 0 bridgehead atoms. The first kappa shape index (κ1) is 15.3. The van der Waals surface area contributed by atoms with Crippen molar-refractivity contribution in [3.8, 4) is 5.75 Å². The molecule has 0 unspecified atom stereocenters. The SMILES string of the molecule is CCCNCCCCCc1ccc(OC)c(Cl)c1. The summed E-state index contributed by atoms with van der Waals surface area (Å²) in [4.78, 5) is 0. The fourth-order valence-electron chi connectivity index (χ4n) is 1.92. The highest BCUT2D eigenvalue weighted by atomic mass is 35.5. The Hall–Kier alpha value is -0.730. The zero-order valence-electron chi connectivity index (χ0n) is 11.5. The van der Waals surface area contributed by atoms with Gasteiger partial charge in [0.25, 0.3) is 0 Å². The highest BCUT2D eigenvalue weighted by Crippen LogP contribution is 2.25. The molecule has 0 heterocycles. The van der Waals surface area contributed by atoms with Gasteiger partial charge in [0.2, 0.25) is 0 Å². The third kappa shape index (κ3) is 5.74. The summed E-state index contributed by atoms with van der Waals surface area (Å²) in [5.74, 6) is 0.754. The van der Waals surface area contributed by atoms with Crippen molar-refractivity contribution in [1.29, 1.82) is 0 Å². The summed E-state index contributed by atoms with van der Waals surface area (Å²) in [6.45, 7) is 4.46. The third-order valence-electron chi connectivity index (χ3n) is 2.96. The lowest BCUT2D eigenvalue weighted by Gasteiger charge is -2.06. The summed E-state index contributed by atoms with van der Waals surface area (Å²) in [6.07, 6.45) is 6.04. The van der Waals surface area contributed by atoms with Gasteiger partial charge in [-0.05, 0) is 56.5 Å². The van der Waals surface area contributed by atoms with E-state index in [-0.39, 0.29) is 0 Å². The molecule has 0 aliphatic rings. The van der Waals surface area contributed by atoms with Crippen molar-refractivity contribution in [3.05, 3.63) is 28.8 Å². The van der Waals surface area contributed by atoms with Gasteiger partial charge in [0, 0.05) is 0 Å². The first-order valence-corrected chi connectivity index (χ1v) is 7.19. The lowest BCUT2D eigenvalue weighted by atomic mass is 10.1. The van der Waals surface area contributed by atoms with Gasteiger partial charge in [-0.15, -0.1) is 0 Å². The Morgan fingerprint density at radius 2 is 2.00 bits per heavy atom. The van der Waals surface area contributed by atoms with Gasteiger partial charge >= 0.3 is 0 Å². The summed E-state index contributed by atoms with van der Waals surface area (Å²) in [5.41, 5.74) is 1.29. The summed E-state index contributed by atoms with van der Waals surface area (Å²) in [6, 6.07) is 6.05. The maximum atomic E-state index is 6.09. The van der Waals surface area contributed by atoms with Gasteiger partial charge in [0.1, 0.15) is 5.75 Å². The molecule has 1 N–H and O–H groups in total. The zero-order valence-corrected chi connectivity index (χ0v) is 12.2. The van der Waals surface area contributed by atoms with Gasteiger partial charge in [-0.1, -0.05) is 31.0 Å². The largest absolute Gasteiger partial charge is 0.495 e. The minimum atomic E-state index is 0.708. The van der Waals surface area contributed by atoms with E-state index in [1.165, 1.54) is 31.2 Å². The first-order chi connectivity index (χ1) is 8.77. The van der Waals surface area contributed by atoms with Crippen LogP contribution in [0.25, 0.3) is 0 Å². The van der Waals surface area contributed by atoms with Crippen LogP contribution >= 0.6 is 11.6 Å². The fraction of sp³-hybridized carbons (Fsp3) is 0.600. The van der Waals surface area contributed by atoms with E-state index in [0.717, 1.165) is 25.3 Å². The van der Waals surface area contributed by atoms with Crippen LogP contribution in [0.15, 0.2) is 18.2 Å². The predicted molar refractivity (Wildman–Crippen MR) is 78.7 cm³/mol. The molecule has 0 aliphatic heterocycles. The summed E-state index contributed by atoms with van der Waals surface area (Å²) >= 11 is 6.09. The molecule has 0 aromatic heterocycles. The van der Waals surface area contributed by atoms with Gasteiger partial charge in [0.15, 0.2) is 0 Å². The monoisotopic (exact) mass is 269 g/mol. The molecular formula is C15H24ClNO. The Morgan fingerprint density at radius 3 is 2.67 bits per heavy atom. The average molecular weight is 270 g/mol. The minimum absolute atomic E-state index is 0.708. The van der Waals surface area contributed by atoms with Gasteiger partial charge < -0.3 is 10.1 Å². The third-order valence-corrected chi connectivity index (χ3v) is 3.26. The van der Waals surface area contributed by atoms with Crippen LogP contribution in [-0.4, -0.2) is 20.2 Å². The molecule has 0 amide bonds. The lowest BCUT2D eigenvalue weighted by molar-refractivity contribution is 0.415. The standard InChI is InChI=1S/C15H24ClNO/c1-3-10-17-11-6-4-5-7-13-8-9-15(18-2)14(16)12-13/h8-9,12,17H,3-7,10-11H2,1-2H3. The molecule has 0 spiro atoms. The fourth-order valence-corrected chi connectivity index (χ4v) is 2.20. The van der Waals surface area contributed by atoms with Crippen molar-refractivity contribution in [2.75, 3.05) is 20.2 Å². The zero-order chi connectivity index (χ0) is 13.2. The van der Waals surface area contributed by atoms with Crippen LogP contribution in [0.1, 0.15) is 38.2 Å². The Bertz CT molecular complexity index is 341. The van der Waals surface area contributed by atoms with Crippen molar-refractivity contribution in [1.82, 2.24) is 5.32 Å². The molecular weight excluding hydrogens is 246 g/mol. The summed E-state index contributed by atoms with van der Waals surface area (Å²) in [7, 11) is 1.64. The molecule has 0 saturated heterocycles. The normalized spacial score (nSPS) is 10.6. The number of rotatable bonds is 9. The maximum absolute atomic E-state index is 6.09. The van der Waals surface area contributed by atoms with Gasteiger partial charge in [0.05, 0.1) is 12.1 Å². The summed E-state index contributed by atoms with van der Waals surface area (Å²) in [5, 5.41) is 4.13. The Labute approximate surface area is 116 Å². The number of hydrogen-bond donors (Lipinski definition) is 1. The molecule has 3 heteroatoms. The molecule has 0 fully saturated rings. The molecule has 0 saturated carbocycles. The first-order valence-electron chi connectivity index (χ1n) is 6.81. The van der Waals surface area contributed by atoms with E-state index in [4.69, 9.17) is 16.3 Å². The minimum Gasteiger partial charge on any atom is -0.495 e. The lowest BCUT2D eigenvalue weighted by Crippen LogP contribution is -2.15. The Morgan fingerprint density at radius 1 is 1.17 bits per heavy atom. The predicted octanol–water partition coefficient (Wildman–Crippen LogP) is 4.06. The van der Waals surface area contributed by atoms with Crippen molar-refractivity contribution >= 4 is 11.6 Å². The van der Waals surface area contributed by atoms with E-state index in [1.807, 2.05) is 12.1 Å². The van der Waals surface area contributed by atoms with E-state index in [9.17, 15) is 0 Å². The molecule has 1 aromatic rings. The van der Waals surface area contributed by atoms with E-state index < -0.39 is 0 Å². The van der Waals surface area contributed by atoms with Crippen LogP contribution in [0.4, 0.5) is 0 Å². The number of halogens is 1. The molecule has 1 aromatic carbocycles. The van der Waals surface area contributed by atoms with E-state index in [0.29, 0.717) is 5.02 Å². The molecule has 1 rings (SSSR count). The second-order valence-electron chi connectivity index (χ2n) is 4.53. The van der Waals surface area contributed by atoms with Crippen LogP contribution in [0.3, 0.4) is 0 Å². The van der Waals surface area contributed by atoms with Crippen molar-refractivity contribution in [3.63, 3.8) is 0 Å². The summed E-state index contributed by atoms with van der Waals surface area (Å²) < 4.78 is 5.14. The number of unbranched alkanes of at least 4 members (excludes halogenated alkanes) is 2. The van der Waals surface area contributed by atoms with Crippen LogP contribution in [0.5, 0.6) is 5.75 Å². The molecule has 2 nitrogen and oxygen atoms in total. The van der Waals surface area contributed by atoms with E-state index >= 15 is 0 Å². The van der Waals surface area contributed by atoms with Gasteiger partial charge in [-0.3, -0.25) is 0 Å². The highest BCUT2D eigenvalue weighted by Gasteiger charge is 2.01. The smallest absolute Gasteiger partial charge is 0.137 e. The van der Waals surface area contributed by atoms with Crippen LogP contribution in [-0.2, 0) is 6.42 Å². The molecule has 0 aliphatic carbocycles. The van der Waals surface area contributed by atoms with Gasteiger partial charge in [-0.2, -0.15) is 0 Å². The second-order valence-corrected chi connectivity index (χ2v) is 4.94. The number of ether oxygens (including phenoxy) is 1. The van der Waals surface area contributed by atoms with E-state index in [1.54, 1.807) is 7.11 Å². The van der Waals surface area contributed by atoms with Crippen molar-refractivity contribution < 1.29 is 4.74 Å². The highest BCUT2D eigenvalue weighted by molar-refractivity contribution is 6.32. The number of nitrogens with one attached hydrogen (secondary N) is 1. The molecule has 0 radical (unpaired) electrons. The average Bonchev–Trinajstić information content (AvgIpc) is 2.38. The van der Waals surface area contributed by atoms with Crippen molar-refractivity contribution in [2.24, 2.45) is 0 Å². The Balaban J connectivity index is 2.17. The number of hydrogen-bond acceptors (Lipinski definition) is 2. The van der Waals surface area contributed by atoms with E-state index in [2.05, 4.69) is 18.3 Å². The molecule has 18 heavy (non-hydrogen) atoms. The second kappa shape index (κ2) is 9.23. The topological polar surface area (TPSA) is 21.3 Å². The number of aryl methyl sites for hydroxylation is 1.